The first-order valence-corrected chi connectivity index (χ1v) is 12.9. The molecule has 2 amide bonds. The lowest BCUT2D eigenvalue weighted by atomic mass is 10.1. The van der Waals surface area contributed by atoms with E-state index in [4.69, 9.17) is 58.0 Å². The van der Waals surface area contributed by atoms with Crippen LogP contribution in [0.5, 0.6) is 0 Å². The Morgan fingerprint density at radius 2 is 1.50 bits per heavy atom. The second-order valence-corrected chi connectivity index (χ2v) is 11.4. The largest absolute Gasteiger partial charge is 0.464 e. The summed E-state index contributed by atoms with van der Waals surface area (Å²) in [5, 5.41) is 16.3. The second kappa shape index (κ2) is 9.98. The molecule has 38 heavy (non-hydrogen) atoms. The molecule has 1 aliphatic carbocycles. The summed E-state index contributed by atoms with van der Waals surface area (Å²) >= 11 is 31.3. The number of carbonyl (C=O) groups excluding carboxylic acids is 2. The number of carbonyl (C=O) groups is 3. The highest BCUT2D eigenvalue weighted by Crippen LogP contribution is 2.65. The van der Waals surface area contributed by atoms with Gasteiger partial charge in [-0.05, 0) is 66.2 Å². The van der Waals surface area contributed by atoms with Crippen molar-refractivity contribution in [3.05, 3.63) is 93.1 Å². The van der Waals surface area contributed by atoms with E-state index in [1.54, 1.807) is 48.5 Å². The molecule has 0 aliphatic heterocycles. The Morgan fingerprint density at radius 3 is 2.18 bits per heavy atom. The Labute approximate surface area is 241 Å². The molecule has 12 heteroatoms. The molecule has 0 unspecified atom stereocenters. The minimum atomic E-state index is -1.36. The van der Waals surface area contributed by atoms with Crippen LogP contribution in [0.15, 0.2) is 66.9 Å². The van der Waals surface area contributed by atoms with Crippen LogP contribution in [0.2, 0.25) is 15.1 Å². The lowest BCUT2D eigenvalue weighted by molar-refractivity contribution is -0.117. The fourth-order valence-corrected chi connectivity index (χ4v) is 5.98. The second-order valence-electron chi connectivity index (χ2n) is 8.71. The number of anilines is 2. The molecular weight excluding hydrogens is 596 g/mol. The number of carboxylic acid groups (broad SMARTS) is 1. The first-order chi connectivity index (χ1) is 18.0. The summed E-state index contributed by atoms with van der Waals surface area (Å²) in [4.78, 5) is 37.3. The molecule has 2 atom stereocenters. The van der Waals surface area contributed by atoms with Crippen molar-refractivity contribution in [1.29, 1.82) is 0 Å². The van der Waals surface area contributed by atoms with Gasteiger partial charge in [-0.3, -0.25) is 14.2 Å². The van der Waals surface area contributed by atoms with Gasteiger partial charge in [0.05, 0.1) is 22.0 Å². The van der Waals surface area contributed by atoms with Crippen molar-refractivity contribution in [2.24, 2.45) is 5.92 Å². The van der Waals surface area contributed by atoms with E-state index >= 15 is 0 Å². The first kappa shape index (κ1) is 26.7. The summed E-state index contributed by atoms with van der Waals surface area (Å²) in [6, 6.07) is 15.8. The van der Waals surface area contributed by atoms with Crippen molar-refractivity contribution in [2.45, 2.75) is 10.3 Å². The molecule has 0 radical (unpaired) electrons. The predicted molar refractivity (Wildman–Crippen MR) is 151 cm³/mol. The maximum atomic E-state index is 13.1. The molecular formula is C26H16Cl5N3O4. The van der Waals surface area contributed by atoms with E-state index in [0.717, 1.165) is 4.57 Å². The zero-order valence-electron chi connectivity index (χ0n) is 19.0. The smallest absolute Gasteiger partial charge is 0.415 e. The molecule has 3 N–H and O–H groups in total. The Kier molecular flexibility index (Phi) is 7.00. The Bertz CT molecular complexity index is 1610. The van der Waals surface area contributed by atoms with E-state index in [1.807, 2.05) is 0 Å². The van der Waals surface area contributed by atoms with Gasteiger partial charge in [0, 0.05) is 38.9 Å². The van der Waals surface area contributed by atoms with E-state index in [9.17, 15) is 19.5 Å². The molecule has 1 aromatic heterocycles. The SMILES string of the molecule is O=C(Nc1ccc2c(ccn2C(=O)O)c1)c1cc(NC(=O)[C@H]2[C@H](c3cc(Cl)cc(Cl)c3)C2(Cl)Cl)ccc1Cl. The van der Waals surface area contributed by atoms with Crippen LogP contribution in [-0.2, 0) is 4.79 Å². The van der Waals surface area contributed by atoms with Crippen molar-refractivity contribution in [2.75, 3.05) is 10.6 Å². The first-order valence-electron chi connectivity index (χ1n) is 11.1. The Balaban J connectivity index is 1.32. The third-order valence-electron chi connectivity index (χ3n) is 6.21. The maximum absolute atomic E-state index is 13.1. The van der Waals surface area contributed by atoms with Crippen LogP contribution >= 0.6 is 58.0 Å². The van der Waals surface area contributed by atoms with Gasteiger partial charge in [-0.25, -0.2) is 4.79 Å². The molecule has 1 aliphatic rings. The number of rotatable bonds is 5. The number of benzene rings is 3. The number of fused-ring (bicyclic) bond motifs is 1. The van der Waals surface area contributed by atoms with Crippen LogP contribution in [0.3, 0.4) is 0 Å². The van der Waals surface area contributed by atoms with Crippen LogP contribution < -0.4 is 10.6 Å². The van der Waals surface area contributed by atoms with Crippen LogP contribution in [0.4, 0.5) is 16.2 Å². The van der Waals surface area contributed by atoms with Gasteiger partial charge in [0.25, 0.3) is 5.91 Å². The zero-order chi connectivity index (χ0) is 27.4. The van der Waals surface area contributed by atoms with Crippen LogP contribution in [0.25, 0.3) is 10.9 Å². The molecule has 4 aromatic rings. The zero-order valence-corrected chi connectivity index (χ0v) is 22.8. The van der Waals surface area contributed by atoms with E-state index in [1.165, 1.54) is 18.3 Å². The average molecular weight is 612 g/mol. The monoisotopic (exact) mass is 609 g/mol. The number of hydrogen-bond donors (Lipinski definition) is 3. The standard InChI is InChI=1S/C26H16Cl5N3O4/c27-14-7-13(8-15(28)10-14)21-22(26(21,30)31)24(36)33-17-1-3-19(29)18(11-17)23(35)32-16-2-4-20-12(9-16)5-6-34(20)25(37)38/h1-11,21-22H,(H,32,35)(H,33,36)(H,37,38)/t21-,22+/m0/s1. The number of hydrogen-bond acceptors (Lipinski definition) is 3. The highest BCUT2D eigenvalue weighted by molar-refractivity contribution is 6.53. The highest BCUT2D eigenvalue weighted by atomic mass is 35.5. The van der Waals surface area contributed by atoms with E-state index in [2.05, 4.69) is 10.6 Å². The van der Waals surface area contributed by atoms with Gasteiger partial charge < -0.3 is 15.7 Å². The van der Waals surface area contributed by atoms with Crippen LogP contribution in [0.1, 0.15) is 21.8 Å². The van der Waals surface area contributed by atoms with Crippen molar-refractivity contribution < 1.29 is 19.5 Å². The highest BCUT2D eigenvalue weighted by Gasteiger charge is 2.67. The van der Waals surface area contributed by atoms with Gasteiger partial charge in [0.1, 0.15) is 4.33 Å². The Morgan fingerprint density at radius 1 is 0.842 bits per heavy atom. The van der Waals surface area contributed by atoms with Crippen molar-refractivity contribution in [1.82, 2.24) is 4.57 Å². The van der Waals surface area contributed by atoms with E-state index in [-0.39, 0.29) is 10.6 Å². The number of amides is 2. The maximum Gasteiger partial charge on any atom is 0.415 e. The summed E-state index contributed by atoms with van der Waals surface area (Å²) in [5.41, 5.74) is 1.99. The number of nitrogens with zero attached hydrogens (tertiary/aromatic N) is 1. The summed E-state index contributed by atoms with van der Waals surface area (Å²) in [5.74, 6) is -2.27. The fraction of sp³-hybridized carbons (Fsp3) is 0.115. The molecule has 194 valence electrons. The number of nitrogens with one attached hydrogen (secondary N) is 2. The summed E-state index contributed by atoms with van der Waals surface area (Å²) in [6.45, 7) is 0. The molecule has 0 spiro atoms. The predicted octanol–water partition coefficient (Wildman–Crippen LogP) is 7.91. The topological polar surface area (TPSA) is 100 Å². The third kappa shape index (κ3) is 5.05. The molecule has 1 saturated carbocycles. The minimum Gasteiger partial charge on any atom is -0.464 e. The molecule has 0 bridgehead atoms. The lowest BCUT2D eigenvalue weighted by Crippen LogP contribution is -2.18. The van der Waals surface area contributed by atoms with Gasteiger partial charge in [-0.15, -0.1) is 23.2 Å². The van der Waals surface area contributed by atoms with E-state index < -0.39 is 34.1 Å². The number of alkyl halides is 2. The average Bonchev–Trinajstić information content (AvgIpc) is 3.18. The van der Waals surface area contributed by atoms with Gasteiger partial charge in [-0.2, -0.15) is 0 Å². The number of aromatic nitrogens is 1. The minimum absolute atomic E-state index is 0.115. The van der Waals surface area contributed by atoms with Crippen molar-refractivity contribution >= 4 is 98.2 Å². The molecule has 1 heterocycles. The van der Waals surface area contributed by atoms with Gasteiger partial charge >= 0.3 is 6.09 Å². The van der Waals surface area contributed by atoms with Crippen molar-refractivity contribution in [3.63, 3.8) is 0 Å². The summed E-state index contributed by atoms with van der Waals surface area (Å²) < 4.78 is -0.283. The normalized spacial score (nSPS) is 17.7. The summed E-state index contributed by atoms with van der Waals surface area (Å²) in [7, 11) is 0. The van der Waals surface area contributed by atoms with Crippen LogP contribution in [-0.4, -0.2) is 31.9 Å². The van der Waals surface area contributed by atoms with Gasteiger partial charge in [-0.1, -0.05) is 34.8 Å². The summed E-state index contributed by atoms with van der Waals surface area (Å²) in [6.07, 6.45) is 0.306. The molecule has 0 saturated heterocycles. The molecule has 7 nitrogen and oxygen atoms in total. The van der Waals surface area contributed by atoms with Crippen molar-refractivity contribution in [3.8, 4) is 0 Å². The lowest BCUT2D eigenvalue weighted by Gasteiger charge is -2.11. The van der Waals surface area contributed by atoms with Gasteiger partial charge in [0.15, 0.2) is 0 Å². The quantitative estimate of drug-likeness (QED) is 0.200. The third-order valence-corrected chi connectivity index (χ3v) is 7.92. The molecule has 5 rings (SSSR count). The van der Waals surface area contributed by atoms with Gasteiger partial charge in [0.2, 0.25) is 5.91 Å². The van der Waals surface area contributed by atoms with Crippen LogP contribution in [0, 0.1) is 5.92 Å². The molecule has 3 aromatic carbocycles. The number of halogens is 5. The molecule has 1 fully saturated rings. The van der Waals surface area contributed by atoms with E-state index in [0.29, 0.717) is 37.9 Å². The fourth-order valence-electron chi connectivity index (χ4n) is 4.40. The Hall–Kier alpha value is -2.94.